The Bertz CT molecular complexity index is 870. The maximum atomic E-state index is 12.6. The van der Waals surface area contributed by atoms with Crippen molar-refractivity contribution in [2.45, 2.75) is 64.5 Å². The van der Waals surface area contributed by atoms with Gasteiger partial charge in [0.25, 0.3) is 5.91 Å². The standard InChI is InChI=1S/C24H29NO3/c1-15(22-12-16-5-6-19(22)11-16)25-24(26)23-10-9-21(28-23)14-27-20-8-7-17-3-2-4-18(17)13-20/h7-10,13,15-16,19,22H,2-6,11-12,14H2,1H3,(H,25,26). The Kier molecular flexibility index (Phi) is 4.65. The van der Waals surface area contributed by atoms with Gasteiger partial charge < -0.3 is 14.5 Å². The van der Waals surface area contributed by atoms with E-state index in [1.54, 1.807) is 6.07 Å². The van der Waals surface area contributed by atoms with Crippen LogP contribution < -0.4 is 10.1 Å². The first-order valence-electron chi connectivity index (χ1n) is 10.8. The first kappa shape index (κ1) is 17.8. The van der Waals surface area contributed by atoms with E-state index in [2.05, 4.69) is 24.4 Å². The normalized spacial score (nSPS) is 26.2. The van der Waals surface area contributed by atoms with Crippen LogP contribution in [0.1, 0.15) is 66.5 Å². The van der Waals surface area contributed by atoms with Crippen molar-refractivity contribution in [2.75, 3.05) is 0 Å². The number of carbonyl (C=O) groups excluding carboxylic acids is 1. The summed E-state index contributed by atoms with van der Waals surface area (Å²) in [6, 6.07) is 10.1. The Balaban J connectivity index is 1.16. The maximum Gasteiger partial charge on any atom is 0.287 e. The molecule has 2 fully saturated rings. The molecule has 4 unspecified atom stereocenters. The molecule has 1 heterocycles. The van der Waals surface area contributed by atoms with Gasteiger partial charge >= 0.3 is 0 Å². The highest BCUT2D eigenvalue weighted by Crippen LogP contribution is 2.49. The van der Waals surface area contributed by atoms with Gasteiger partial charge in [0.15, 0.2) is 5.76 Å². The lowest BCUT2D eigenvalue weighted by Gasteiger charge is -2.28. The third kappa shape index (κ3) is 3.45. The molecular formula is C24H29NO3. The molecule has 0 radical (unpaired) electrons. The summed E-state index contributed by atoms with van der Waals surface area (Å²) in [5.41, 5.74) is 2.83. The topological polar surface area (TPSA) is 51.5 Å². The van der Waals surface area contributed by atoms with Crippen LogP contribution in [0.3, 0.4) is 0 Å². The number of hydrogen-bond donors (Lipinski definition) is 1. The van der Waals surface area contributed by atoms with E-state index >= 15 is 0 Å². The molecule has 1 N–H and O–H groups in total. The first-order valence-corrected chi connectivity index (χ1v) is 10.8. The Morgan fingerprint density at radius 2 is 2.07 bits per heavy atom. The van der Waals surface area contributed by atoms with Crippen molar-refractivity contribution in [1.29, 1.82) is 0 Å². The van der Waals surface area contributed by atoms with E-state index in [0.717, 1.165) is 24.0 Å². The monoisotopic (exact) mass is 379 g/mol. The predicted molar refractivity (Wildman–Crippen MR) is 107 cm³/mol. The SMILES string of the molecule is CC(NC(=O)c1ccc(COc2ccc3c(c2)CCC3)o1)C1CC2CCC1C2. The fourth-order valence-corrected chi connectivity index (χ4v) is 5.66. The minimum atomic E-state index is -0.112. The second-order valence-corrected chi connectivity index (χ2v) is 8.94. The molecule has 1 aromatic carbocycles. The maximum absolute atomic E-state index is 12.6. The molecule has 2 bridgehead atoms. The van der Waals surface area contributed by atoms with Gasteiger partial charge in [0.2, 0.25) is 0 Å². The van der Waals surface area contributed by atoms with Crippen LogP contribution in [0, 0.1) is 17.8 Å². The molecule has 1 amide bonds. The molecule has 4 heteroatoms. The largest absolute Gasteiger partial charge is 0.486 e. The lowest BCUT2D eigenvalue weighted by atomic mass is 9.84. The van der Waals surface area contributed by atoms with Gasteiger partial charge in [-0.25, -0.2) is 0 Å². The van der Waals surface area contributed by atoms with Crippen LogP contribution in [0.2, 0.25) is 0 Å². The summed E-state index contributed by atoms with van der Waals surface area (Å²) in [5, 5.41) is 3.16. The average Bonchev–Trinajstić information content (AvgIpc) is 3.50. The zero-order chi connectivity index (χ0) is 19.1. The molecule has 148 valence electrons. The van der Waals surface area contributed by atoms with Gasteiger partial charge in [-0.2, -0.15) is 0 Å². The van der Waals surface area contributed by atoms with Crippen molar-refractivity contribution in [1.82, 2.24) is 5.32 Å². The number of hydrogen-bond acceptors (Lipinski definition) is 3. The lowest BCUT2D eigenvalue weighted by Crippen LogP contribution is -2.40. The number of fused-ring (bicyclic) bond motifs is 3. The Morgan fingerprint density at radius 3 is 2.89 bits per heavy atom. The van der Waals surface area contributed by atoms with Crippen molar-refractivity contribution in [3.8, 4) is 5.75 Å². The molecule has 28 heavy (non-hydrogen) atoms. The van der Waals surface area contributed by atoms with Crippen LogP contribution in [0.5, 0.6) is 5.75 Å². The van der Waals surface area contributed by atoms with Gasteiger partial charge in [-0.3, -0.25) is 4.79 Å². The van der Waals surface area contributed by atoms with Crippen molar-refractivity contribution >= 4 is 5.91 Å². The third-order valence-corrected chi connectivity index (χ3v) is 7.13. The average molecular weight is 380 g/mol. The molecule has 0 aliphatic heterocycles. The predicted octanol–water partition coefficient (Wildman–Crippen LogP) is 4.90. The van der Waals surface area contributed by atoms with Crippen molar-refractivity contribution < 1.29 is 13.9 Å². The number of ether oxygens (including phenoxy) is 1. The molecule has 4 atom stereocenters. The lowest BCUT2D eigenvalue weighted by molar-refractivity contribution is 0.0883. The van der Waals surface area contributed by atoms with Gasteiger partial charge in [-0.15, -0.1) is 0 Å². The number of furan rings is 1. The Labute approximate surface area is 166 Å². The van der Waals surface area contributed by atoms with Gasteiger partial charge in [-0.05, 0) is 98.6 Å². The highest BCUT2D eigenvalue weighted by atomic mass is 16.5. The van der Waals surface area contributed by atoms with Crippen LogP contribution in [-0.4, -0.2) is 11.9 Å². The van der Waals surface area contributed by atoms with E-state index in [9.17, 15) is 4.79 Å². The van der Waals surface area contributed by atoms with Gasteiger partial charge in [0.1, 0.15) is 18.1 Å². The van der Waals surface area contributed by atoms with Gasteiger partial charge in [-0.1, -0.05) is 12.5 Å². The summed E-state index contributed by atoms with van der Waals surface area (Å²) in [5.74, 6) is 4.13. The quantitative estimate of drug-likeness (QED) is 0.776. The zero-order valence-electron chi connectivity index (χ0n) is 16.6. The Hall–Kier alpha value is -2.23. The van der Waals surface area contributed by atoms with E-state index < -0.39 is 0 Å². The summed E-state index contributed by atoms with van der Waals surface area (Å²) in [7, 11) is 0. The van der Waals surface area contributed by atoms with Gasteiger partial charge in [0, 0.05) is 6.04 Å². The minimum absolute atomic E-state index is 0.112. The molecule has 1 aromatic heterocycles. The summed E-state index contributed by atoms with van der Waals surface area (Å²) in [4.78, 5) is 12.6. The van der Waals surface area contributed by atoms with Crippen molar-refractivity contribution in [2.24, 2.45) is 17.8 Å². The molecule has 3 aliphatic carbocycles. The fraction of sp³-hybridized carbons (Fsp3) is 0.542. The van der Waals surface area contributed by atoms with Crippen LogP contribution >= 0.6 is 0 Å². The number of benzene rings is 1. The molecule has 2 saturated carbocycles. The second kappa shape index (κ2) is 7.31. The molecule has 2 aromatic rings. The highest BCUT2D eigenvalue weighted by molar-refractivity contribution is 5.91. The van der Waals surface area contributed by atoms with E-state index in [1.807, 2.05) is 12.1 Å². The van der Waals surface area contributed by atoms with Crippen molar-refractivity contribution in [3.63, 3.8) is 0 Å². The van der Waals surface area contributed by atoms with E-state index in [0.29, 0.717) is 24.0 Å². The van der Waals surface area contributed by atoms with Crippen LogP contribution in [0.15, 0.2) is 34.7 Å². The molecule has 0 saturated heterocycles. The van der Waals surface area contributed by atoms with Gasteiger partial charge in [0.05, 0.1) is 0 Å². The molecule has 5 rings (SSSR count). The molecule has 0 spiro atoms. The number of aryl methyl sites for hydroxylation is 2. The first-order chi connectivity index (χ1) is 13.7. The van der Waals surface area contributed by atoms with Crippen LogP contribution in [0.25, 0.3) is 0 Å². The molecule has 3 aliphatic rings. The summed E-state index contributed by atoms with van der Waals surface area (Å²) in [6.45, 7) is 2.48. The smallest absolute Gasteiger partial charge is 0.287 e. The fourth-order valence-electron chi connectivity index (χ4n) is 5.66. The van der Waals surface area contributed by atoms with E-state index in [4.69, 9.17) is 9.15 Å². The zero-order valence-corrected chi connectivity index (χ0v) is 16.6. The van der Waals surface area contributed by atoms with E-state index in [-0.39, 0.29) is 11.9 Å². The second-order valence-electron chi connectivity index (χ2n) is 8.94. The number of rotatable bonds is 6. The summed E-state index contributed by atoms with van der Waals surface area (Å²) < 4.78 is 11.6. The minimum Gasteiger partial charge on any atom is -0.486 e. The number of amides is 1. The highest BCUT2D eigenvalue weighted by Gasteiger charge is 2.42. The molecule has 4 nitrogen and oxygen atoms in total. The summed E-state index contributed by atoms with van der Waals surface area (Å²) in [6.07, 6.45) is 8.88. The number of carbonyl (C=O) groups is 1. The summed E-state index contributed by atoms with van der Waals surface area (Å²) >= 11 is 0. The van der Waals surface area contributed by atoms with E-state index in [1.165, 1.54) is 49.7 Å². The van der Waals surface area contributed by atoms with Crippen LogP contribution in [-0.2, 0) is 19.4 Å². The van der Waals surface area contributed by atoms with Crippen molar-refractivity contribution in [3.05, 3.63) is 53.0 Å². The van der Waals surface area contributed by atoms with Crippen LogP contribution in [0.4, 0.5) is 0 Å². The molecular weight excluding hydrogens is 350 g/mol. The Morgan fingerprint density at radius 1 is 1.18 bits per heavy atom. The third-order valence-electron chi connectivity index (χ3n) is 7.13. The number of nitrogens with one attached hydrogen (secondary N) is 1.